The molecule has 0 aromatic heterocycles. The fourth-order valence-corrected chi connectivity index (χ4v) is 1.79. The van der Waals surface area contributed by atoms with Crippen molar-refractivity contribution in [1.82, 2.24) is 0 Å². The van der Waals surface area contributed by atoms with Crippen LogP contribution in [0.4, 0.5) is 14.5 Å². The summed E-state index contributed by atoms with van der Waals surface area (Å²) in [5, 5.41) is 10.6. The van der Waals surface area contributed by atoms with Crippen molar-refractivity contribution in [3.63, 3.8) is 0 Å². The molecule has 0 aliphatic carbocycles. The summed E-state index contributed by atoms with van der Waals surface area (Å²) in [5.41, 5.74) is 5.22. The topological polar surface area (TPSA) is 92.4 Å². The van der Waals surface area contributed by atoms with E-state index in [2.05, 4.69) is 21.2 Å². The summed E-state index contributed by atoms with van der Waals surface area (Å²) in [5.74, 6) is -3.58. The fourth-order valence-electron chi connectivity index (χ4n) is 1.29. The third-order valence-electron chi connectivity index (χ3n) is 2.26. The molecule has 1 aromatic carbocycles. The maximum absolute atomic E-state index is 13.4. The van der Waals surface area contributed by atoms with Gasteiger partial charge in [0.25, 0.3) is 0 Å². The molecule has 0 bridgehead atoms. The number of aliphatic carboxylic acids is 1. The van der Waals surface area contributed by atoms with Crippen molar-refractivity contribution >= 4 is 33.5 Å². The summed E-state index contributed by atoms with van der Waals surface area (Å²) in [7, 11) is 0. The van der Waals surface area contributed by atoms with Crippen LogP contribution in [-0.2, 0) is 9.59 Å². The number of halogens is 3. The second kappa shape index (κ2) is 6.58. The minimum Gasteiger partial charge on any atom is -0.481 e. The maximum atomic E-state index is 13.4. The third-order valence-corrected chi connectivity index (χ3v) is 2.89. The lowest BCUT2D eigenvalue weighted by Gasteiger charge is -2.13. The van der Waals surface area contributed by atoms with Gasteiger partial charge in [0.15, 0.2) is 5.82 Å². The molecule has 19 heavy (non-hydrogen) atoms. The first-order chi connectivity index (χ1) is 8.81. The standard InChI is InChI=1S/C11H11BrF2N2O3/c12-6-3-5(13)4-7(14)10(6)16-11(19)8(15)1-2-9(17)18/h3-4,8H,1-2,15H2,(H,16,19)(H,17,18). The number of amides is 1. The van der Waals surface area contributed by atoms with Gasteiger partial charge in [-0.25, -0.2) is 8.78 Å². The number of hydrogen-bond acceptors (Lipinski definition) is 3. The highest BCUT2D eigenvalue weighted by molar-refractivity contribution is 9.10. The molecule has 0 spiro atoms. The predicted octanol–water partition coefficient (Wildman–Crippen LogP) is 1.86. The van der Waals surface area contributed by atoms with Gasteiger partial charge in [0.05, 0.1) is 11.7 Å². The second-order valence-electron chi connectivity index (χ2n) is 3.77. The van der Waals surface area contributed by atoms with E-state index in [-0.39, 0.29) is 23.0 Å². The molecule has 1 unspecified atom stereocenters. The Bertz CT molecular complexity index is 488. The number of rotatable bonds is 5. The second-order valence-corrected chi connectivity index (χ2v) is 4.63. The zero-order valence-corrected chi connectivity index (χ0v) is 11.2. The van der Waals surface area contributed by atoms with E-state index in [0.29, 0.717) is 6.07 Å². The molecule has 0 radical (unpaired) electrons. The number of carboxylic acid groups (broad SMARTS) is 1. The van der Waals surface area contributed by atoms with Crippen LogP contribution in [0, 0.1) is 11.6 Å². The van der Waals surface area contributed by atoms with E-state index in [9.17, 15) is 18.4 Å². The third kappa shape index (κ3) is 4.56. The molecule has 4 N–H and O–H groups in total. The lowest BCUT2D eigenvalue weighted by atomic mass is 10.1. The summed E-state index contributed by atoms with van der Waals surface area (Å²) in [4.78, 5) is 21.9. The van der Waals surface area contributed by atoms with Crippen molar-refractivity contribution in [1.29, 1.82) is 0 Å². The zero-order chi connectivity index (χ0) is 14.6. The van der Waals surface area contributed by atoms with Gasteiger partial charge in [0, 0.05) is 17.0 Å². The molecular weight excluding hydrogens is 326 g/mol. The first-order valence-corrected chi connectivity index (χ1v) is 6.03. The van der Waals surface area contributed by atoms with Crippen molar-refractivity contribution in [2.24, 2.45) is 5.73 Å². The van der Waals surface area contributed by atoms with Gasteiger partial charge in [0.1, 0.15) is 5.82 Å². The van der Waals surface area contributed by atoms with Crippen LogP contribution in [-0.4, -0.2) is 23.0 Å². The summed E-state index contributed by atoms with van der Waals surface area (Å²) in [6.07, 6.45) is -0.358. The number of carbonyl (C=O) groups excluding carboxylic acids is 1. The van der Waals surface area contributed by atoms with E-state index in [0.717, 1.165) is 6.07 Å². The van der Waals surface area contributed by atoms with E-state index >= 15 is 0 Å². The first kappa shape index (κ1) is 15.5. The number of carboxylic acids is 1. The van der Waals surface area contributed by atoms with Crippen molar-refractivity contribution in [3.05, 3.63) is 28.2 Å². The molecule has 1 rings (SSSR count). The Balaban J connectivity index is 2.74. The first-order valence-electron chi connectivity index (χ1n) is 5.24. The maximum Gasteiger partial charge on any atom is 0.303 e. The number of carbonyl (C=O) groups is 2. The summed E-state index contributed by atoms with van der Waals surface area (Å²) >= 11 is 2.91. The van der Waals surface area contributed by atoms with Crippen LogP contribution in [0.2, 0.25) is 0 Å². The van der Waals surface area contributed by atoms with E-state index in [1.54, 1.807) is 0 Å². The van der Waals surface area contributed by atoms with Crippen LogP contribution in [0.1, 0.15) is 12.8 Å². The van der Waals surface area contributed by atoms with Gasteiger partial charge in [-0.15, -0.1) is 0 Å². The molecule has 1 aromatic rings. The Hall–Kier alpha value is -1.54. The van der Waals surface area contributed by atoms with Gasteiger partial charge in [-0.2, -0.15) is 0 Å². The van der Waals surface area contributed by atoms with E-state index < -0.39 is 29.6 Å². The largest absolute Gasteiger partial charge is 0.481 e. The summed E-state index contributed by atoms with van der Waals surface area (Å²) in [6.45, 7) is 0. The summed E-state index contributed by atoms with van der Waals surface area (Å²) < 4.78 is 26.3. The van der Waals surface area contributed by atoms with Crippen molar-refractivity contribution in [2.75, 3.05) is 5.32 Å². The van der Waals surface area contributed by atoms with Crippen LogP contribution < -0.4 is 11.1 Å². The zero-order valence-electron chi connectivity index (χ0n) is 9.62. The highest BCUT2D eigenvalue weighted by atomic mass is 79.9. The molecule has 8 heteroatoms. The van der Waals surface area contributed by atoms with Gasteiger partial charge < -0.3 is 16.2 Å². The molecule has 0 saturated carbocycles. The molecule has 0 aliphatic heterocycles. The van der Waals surface area contributed by atoms with Gasteiger partial charge >= 0.3 is 5.97 Å². The van der Waals surface area contributed by atoms with Gasteiger partial charge in [-0.05, 0) is 28.4 Å². The molecule has 104 valence electrons. The highest BCUT2D eigenvalue weighted by Gasteiger charge is 2.18. The smallest absolute Gasteiger partial charge is 0.303 e. The Labute approximate surface area is 115 Å². The number of anilines is 1. The molecule has 0 aliphatic rings. The monoisotopic (exact) mass is 336 g/mol. The van der Waals surface area contributed by atoms with Crippen LogP contribution >= 0.6 is 15.9 Å². The van der Waals surface area contributed by atoms with Crippen LogP contribution in [0.3, 0.4) is 0 Å². The minimum atomic E-state index is -1.09. The Morgan fingerprint density at radius 2 is 2.05 bits per heavy atom. The molecular formula is C11H11BrF2N2O3. The average molecular weight is 337 g/mol. The van der Waals surface area contributed by atoms with Crippen molar-refractivity contribution < 1.29 is 23.5 Å². The molecule has 0 fully saturated rings. The van der Waals surface area contributed by atoms with Gasteiger partial charge in [0.2, 0.25) is 5.91 Å². The molecule has 0 saturated heterocycles. The normalized spacial score (nSPS) is 12.0. The average Bonchev–Trinajstić information content (AvgIpc) is 2.30. The van der Waals surface area contributed by atoms with Gasteiger partial charge in [-0.1, -0.05) is 0 Å². The number of nitrogens with one attached hydrogen (secondary N) is 1. The highest BCUT2D eigenvalue weighted by Crippen LogP contribution is 2.26. The number of benzene rings is 1. The quantitative estimate of drug-likeness (QED) is 0.765. The van der Waals surface area contributed by atoms with E-state index in [1.165, 1.54) is 0 Å². The van der Waals surface area contributed by atoms with Crippen LogP contribution in [0.15, 0.2) is 16.6 Å². The van der Waals surface area contributed by atoms with E-state index in [4.69, 9.17) is 10.8 Å². The van der Waals surface area contributed by atoms with Crippen LogP contribution in [0.5, 0.6) is 0 Å². The Morgan fingerprint density at radius 1 is 1.42 bits per heavy atom. The molecule has 1 amide bonds. The minimum absolute atomic E-state index is 0.0313. The SMILES string of the molecule is NC(CCC(=O)O)C(=O)Nc1c(F)cc(F)cc1Br. The molecule has 1 atom stereocenters. The van der Waals surface area contributed by atoms with E-state index in [1.807, 2.05) is 0 Å². The Morgan fingerprint density at radius 3 is 2.58 bits per heavy atom. The van der Waals surface area contributed by atoms with Crippen LogP contribution in [0.25, 0.3) is 0 Å². The number of hydrogen-bond donors (Lipinski definition) is 3. The fraction of sp³-hybridized carbons (Fsp3) is 0.273. The molecule has 0 heterocycles. The Kier molecular flexibility index (Phi) is 5.37. The summed E-state index contributed by atoms with van der Waals surface area (Å²) in [6, 6.07) is 0.511. The molecule has 5 nitrogen and oxygen atoms in total. The number of nitrogens with two attached hydrogens (primary N) is 1. The lowest BCUT2D eigenvalue weighted by molar-refractivity contribution is -0.137. The predicted molar refractivity (Wildman–Crippen MR) is 67.5 cm³/mol. The lowest BCUT2D eigenvalue weighted by Crippen LogP contribution is -2.36. The van der Waals surface area contributed by atoms with Gasteiger partial charge in [-0.3, -0.25) is 9.59 Å². The van der Waals surface area contributed by atoms with Crippen molar-refractivity contribution in [2.45, 2.75) is 18.9 Å². The van der Waals surface area contributed by atoms with Crippen molar-refractivity contribution in [3.8, 4) is 0 Å².